The number of methoxy groups -OCH3 is 1. The van der Waals surface area contributed by atoms with Crippen LogP contribution < -0.4 is 15.4 Å². The van der Waals surface area contributed by atoms with Crippen LogP contribution in [0.3, 0.4) is 0 Å². The number of nitrogens with one attached hydrogen (secondary N) is 2. The first kappa shape index (κ1) is 21.1. The third-order valence-corrected chi connectivity index (χ3v) is 5.49. The maximum absolute atomic E-state index is 12.3. The highest BCUT2D eigenvalue weighted by molar-refractivity contribution is 9.10. The quantitative estimate of drug-likeness (QED) is 0.581. The van der Waals surface area contributed by atoms with Crippen molar-refractivity contribution in [2.45, 2.75) is 32.2 Å². The summed E-state index contributed by atoms with van der Waals surface area (Å²) in [6.07, 6.45) is 7.40. The smallest absolute Gasteiger partial charge is 0.244 e. The lowest BCUT2D eigenvalue weighted by Gasteiger charge is -2.11. The number of carbonyl (C=O) groups excluding carboxylic acids is 2. The minimum absolute atomic E-state index is 0.0922. The van der Waals surface area contributed by atoms with Gasteiger partial charge in [-0.2, -0.15) is 0 Å². The van der Waals surface area contributed by atoms with Crippen LogP contribution in [-0.4, -0.2) is 18.9 Å². The molecule has 5 nitrogen and oxygen atoms in total. The van der Waals surface area contributed by atoms with Crippen LogP contribution in [0.15, 0.2) is 53.0 Å². The van der Waals surface area contributed by atoms with E-state index in [-0.39, 0.29) is 17.7 Å². The van der Waals surface area contributed by atoms with Crippen LogP contribution in [0.5, 0.6) is 5.75 Å². The standard InChI is InChI=1S/C23H25BrN2O3/c1-29-21-11-10-19(24)14-18(21)9-12-22(27)25-15-16-5-4-8-20(13-16)26-23(28)17-6-2-3-7-17/h4-5,8-14,17H,2-3,6-7,15H2,1H3,(H,25,27)(H,26,28)/b12-9+. The van der Waals surface area contributed by atoms with Crippen molar-refractivity contribution in [1.29, 1.82) is 0 Å². The van der Waals surface area contributed by atoms with Crippen LogP contribution in [0.2, 0.25) is 0 Å². The van der Waals surface area contributed by atoms with Crippen molar-refractivity contribution in [3.63, 3.8) is 0 Å². The van der Waals surface area contributed by atoms with E-state index in [2.05, 4.69) is 26.6 Å². The molecule has 0 bridgehead atoms. The minimum atomic E-state index is -0.201. The van der Waals surface area contributed by atoms with Crippen LogP contribution in [0.4, 0.5) is 5.69 Å². The molecule has 0 heterocycles. The Kier molecular flexibility index (Phi) is 7.47. The summed E-state index contributed by atoms with van der Waals surface area (Å²) in [6.45, 7) is 0.381. The van der Waals surface area contributed by atoms with Gasteiger partial charge in [0.1, 0.15) is 5.75 Å². The topological polar surface area (TPSA) is 67.4 Å². The summed E-state index contributed by atoms with van der Waals surface area (Å²) in [5.41, 5.74) is 2.51. The van der Waals surface area contributed by atoms with Gasteiger partial charge in [-0.1, -0.05) is 40.9 Å². The molecule has 2 aromatic carbocycles. The third-order valence-electron chi connectivity index (χ3n) is 4.99. The van der Waals surface area contributed by atoms with E-state index in [1.54, 1.807) is 13.2 Å². The van der Waals surface area contributed by atoms with Crippen molar-refractivity contribution in [2.75, 3.05) is 12.4 Å². The van der Waals surface area contributed by atoms with E-state index >= 15 is 0 Å². The first-order valence-electron chi connectivity index (χ1n) is 9.74. The van der Waals surface area contributed by atoms with Crippen molar-refractivity contribution in [3.05, 3.63) is 64.1 Å². The van der Waals surface area contributed by atoms with E-state index < -0.39 is 0 Å². The van der Waals surface area contributed by atoms with E-state index in [0.29, 0.717) is 12.3 Å². The number of halogens is 1. The number of rotatable bonds is 7. The molecule has 0 spiro atoms. The molecule has 152 valence electrons. The van der Waals surface area contributed by atoms with Gasteiger partial charge in [0, 0.05) is 34.3 Å². The fourth-order valence-corrected chi connectivity index (χ4v) is 3.82. The lowest BCUT2D eigenvalue weighted by molar-refractivity contribution is -0.119. The molecule has 0 saturated heterocycles. The Morgan fingerprint density at radius 3 is 2.72 bits per heavy atom. The average Bonchev–Trinajstić information content (AvgIpc) is 3.26. The summed E-state index contributed by atoms with van der Waals surface area (Å²) in [4.78, 5) is 24.5. The zero-order valence-corrected chi connectivity index (χ0v) is 18.0. The van der Waals surface area contributed by atoms with Gasteiger partial charge >= 0.3 is 0 Å². The molecule has 0 radical (unpaired) electrons. The molecular formula is C23H25BrN2O3. The number of benzene rings is 2. The van der Waals surface area contributed by atoms with Gasteiger partial charge in [0.2, 0.25) is 11.8 Å². The largest absolute Gasteiger partial charge is 0.496 e. The van der Waals surface area contributed by atoms with Gasteiger partial charge in [-0.05, 0) is 54.8 Å². The van der Waals surface area contributed by atoms with E-state index in [1.807, 2.05) is 42.5 Å². The molecule has 2 amide bonds. The lowest BCUT2D eigenvalue weighted by Crippen LogP contribution is -2.21. The van der Waals surface area contributed by atoms with Crippen LogP contribution in [0, 0.1) is 5.92 Å². The first-order valence-corrected chi connectivity index (χ1v) is 10.5. The Morgan fingerprint density at radius 1 is 1.17 bits per heavy atom. The highest BCUT2D eigenvalue weighted by atomic mass is 79.9. The molecule has 2 N–H and O–H groups in total. The summed E-state index contributed by atoms with van der Waals surface area (Å²) in [6, 6.07) is 13.2. The Labute approximate surface area is 179 Å². The molecule has 1 aliphatic carbocycles. The zero-order chi connectivity index (χ0) is 20.6. The minimum Gasteiger partial charge on any atom is -0.496 e. The van der Waals surface area contributed by atoms with Gasteiger partial charge in [0.25, 0.3) is 0 Å². The molecule has 3 rings (SSSR count). The summed E-state index contributed by atoms with van der Waals surface area (Å²) >= 11 is 3.42. The lowest BCUT2D eigenvalue weighted by atomic mass is 10.1. The molecule has 0 atom stereocenters. The maximum Gasteiger partial charge on any atom is 0.244 e. The van der Waals surface area contributed by atoms with Gasteiger partial charge in [0.15, 0.2) is 0 Å². The highest BCUT2D eigenvalue weighted by Crippen LogP contribution is 2.26. The van der Waals surface area contributed by atoms with Gasteiger partial charge < -0.3 is 15.4 Å². The Balaban J connectivity index is 1.55. The predicted molar refractivity (Wildman–Crippen MR) is 119 cm³/mol. The van der Waals surface area contributed by atoms with Crippen molar-refractivity contribution in [2.24, 2.45) is 5.92 Å². The fraction of sp³-hybridized carbons (Fsp3) is 0.304. The van der Waals surface area contributed by atoms with Gasteiger partial charge in [-0.25, -0.2) is 0 Å². The van der Waals surface area contributed by atoms with Crippen molar-refractivity contribution >= 4 is 39.5 Å². The van der Waals surface area contributed by atoms with Crippen molar-refractivity contribution in [3.8, 4) is 5.75 Å². The van der Waals surface area contributed by atoms with Crippen molar-refractivity contribution < 1.29 is 14.3 Å². The van der Waals surface area contributed by atoms with Crippen LogP contribution in [0.1, 0.15) is 36.8 Å². The maximum atomic E-state index is 12.3. The molecule has 2 aromatic rings. The van der Waals surface area contributed by atoms with Crippen molar-refractivity contribution in [1.82, 2.24) is 5.32 Å². The fourth-order valence-electron chi connectivity index (χ4n) is 3.44. The molecule has 6 heteroatoms. The Bertz CT molecular complexity index is 905. The van der Waals surface area contributed by atoms with E-state index in [4.69, 9.17) is 4.74 Å². The number of amides is 2. The highest BCUT2D eigenvalue weighted by Gasteiger charge is 2.22. The summed E-state index contributed by atoms with van der Waals surface area (Å²) < 4.78 is 6.22. The normalized spacial score (nSPS) is 14.1. The van der Waals surface area contributed by atoms with Gasteiger partial charge in [0.05, 0.1) is 7.11 Å². The predicted octanol–water partition coefficient (Wildman–Crippen LogP) is 4.92. The first-order chi connectivity index (χ1) is 14.0. The second-order valence-electron chi connectivity index (χ2n) is 7.11. The van der Waals surface area contributed by atoms with E-state index in [0.717, 1.165) is 47.0 Å². The second kappa shape index (κ2) is 10.3. The van der Waals surface area contributed by atoms with Crippen LogP contribution in [-0.2, 0) is 16.1 Å². The monoisotopic (exact) mass is 456 g/mol. The zero-order valence-electron chi connectivity index (χ0n) is 16.4. The molecule has 1 saturated carbocycles. The molecule has 1 aliphatic rings. The number of anilines is 1. The molecule has 1 fully saturated rings. The van der Waals surface area contributed by atoms with E-state index in [1.165, 1.54) is 6.08 Å². The third kappa shape index (κ3) is 6.19. The number of ether oxygens (including phenoxy) is 1. The summed E-state index contributed by atoms with van der Waals surface area (Å²) in [5.74, 6) is 0.712. The molecule has 0 aromatic heterocycles. The Hall–Kier alpha value is -2.60. The SMILES string of the molecule is COc1ccc(Br)cc1/C=C/C(=O)NCc1cccc(NC(=O)C2CCCC2)c1. The molecule has 29 heavy (non-hydrogen) atoms. The van der Waals surface area contributed by atoms with Crippen LogP contribution in [0.25, 0.3) is 6.08 Å². The average molecular weight is 457 g/mol. The molecular weight excluding hydrogens is 432 g/mol. The van der Waals surface area contributed by atoms with Crippen LogP contribution >= 0.6 is 15.9 Å². The van der Waals surface area contributed by atoms with E-state index in [9.17, 15) is 9.59 Å². The molecule has 0 unspecified atom stereocenters. The number of carbonyl (C=O) groups is 2. The summed E-state index contributed by atoms with van der Waals surface area (Å²) in [7, 11) is 1.60. The van der Waals surface area contributed by atoms with Gasteiger partial charge in [-0.3, -0.25) is 9.59 Å². The van der Waals surface area contributed by atoms with Gasteiger partial charge in [-0.15, -0.1) is 0 Å². The Morgan fingerprint density at radius 2 is 1.97 bits per heavy atom. The molecule has 0 aliphatic heterocycles. The summed E-state index contributed by atoms with van der Waals surface area (Å²) in [5, 5.41) is 5.86. The number of hydrogen-bond donors (Lipinski definition) is 2. The second-order valence-corrected chi connectivity index (χ2v) is 8.02. The number of hydrogen-bond acceptors (Lipinski definition) is 3.